The first kappa shape index (κ1) is 18.7. The van der Waals surface area contributed by atoms with Crippen molar-refractivity contribution < 1.29 is 9.84 Å². The third kappa shape index (κ3) is 6.89. The topological polar surface area (TPSA) is 53.5 Å². The van der Waals surface area contributed by atoms with E-state index < -0.39 is 0 Å². The molecule has 5 heteroatoms. The SMILES string of the molecule is C[C@@H](O)CNCCNCc1ccc(OCc2ccccc2Cl)cc1. The minimum absolute atomic E-state index is 0.302. The molecule has 4 nitrogen and oxygen atoms in total. The summed E-state index contributed by atoms with van der Waals surface area (Å²) < 4.78 is 5.77. The number of hydrogen-bond acceptors (Lipinski definition) is 4. The summed E-state index contributed by atoms with van der Waals surface area (Å²) in [6.07, 6.45) is -0.302. The van der Waals surface area contributed by atoms with E-state index in [0.717, 1.165) is 36.0 Å². The number of aliphatic hydroxyl groups is 1. The van der Waals surface area contributed by atoms with Gasteiger partial charge in [-0.25, -0.2) is 0 Å². The van der Waals surface area contributed by atoms with E-state index in [4.69, 9.17) is 21.4 Å². The quantitative estimate of drug-likeness (QED) is 0.578. The van der Waals surface area contributed by atoms with E-state index in [-0.39, 0.29) is 6.10 Å². The van der Waals surface area contributed by atoms with Gasteiger partial charge < -0.3 is 20.5 Å². The predicted octanol–water partition coefficient (Wildman–Crippen LogP) is 2.98. The standard InChI is InChI=1S/C19H25ClN2O2/c1-15(23)12-21-10-11-22-13-16-6-8-18(9-7-16)24-14-17-4-2-3-5-19(17)20/h2-9,15,21-23H,10-14H2,1H3/t15-/m1/s1. The van der Waals surface area contributed by atoms with Crippen LogP contribution in [0.2, 0.25) is 5.02 Å². The van der Waals surface area contributed by atoms with E-state index in [1.807, 2.05) is 36.4 Å². The Labute approximate surface area is 148 Å². The largest absolute Gasteiger partial charge is 0.489 e. The van der Waals surface area contributed by atoms with Gasteiger partial charge in [0.1, 0.15) is 12.4 Å². The average molecular weight is 349 g/mol. The summed E-state index contributed by atoms with van der Waals surface area (Å²) in [7, 11) is 0. The van der Waals surface area contributed by atoms with Crippen LogP contribution in [0.15, 0.2) is 48.5 Å². The summed E-state index contributed by atoms with van der Waals surface area (Å²) in [4.78, 5) is 0. The molecule has 0 spiro atoms. The summed E-state index contributed by atoms with van der Waals surface area (Å²) in [6, 6.07) is 15.7. The fourth-order valence-electron chi connectivity index (χ4n) is 2.20. The summed E-state index contributed by atoms with van der Waals surface area (Å²) in [5, 5.41) is 16.4. The van der Waals surface area contributed by atoms with E-state index in [0.29, 0.717) is 13.2 Å². The molecule has 3 N–H and O–H groups in total. The number of nitrogens with one attached hydrogen (secondary N) is 2. The van der Waals surface area contributed by atoms with Crippen molar-refractivity contribution in [1.82, 2.24) is 10.6 Å². The Morgan fingerprint density at radius 2 is 1.75 bits per heavy atom. The maximum atomic E-state index is 9.14. The number of halogens is 1. The van der Waals surface area contributed by atoms with Crippen LogP contribution < -0.4 is 15.4 Å². The molecule has 0 bridgehead atoms. The highest BCUT2D eigenvalue weighted by molar-refractivity contribution is 6.31. The second kappa shape index (κ2) is 10.3. The van der Waals surface area contributed by atoms with Crippen LogP contribution in [-0.4, -0.2) is 30.8 Å². The Kier molecular flexibility index (Phi) is 8.05. The zero-order valence-electron chi connectivity index (χ0n) is 14.0. The first-order valence-electron chi connectivity index (χ1n) is 8.20. The van der Waals surface area contributed by atoms with Crippen molar-refractivity contribution in [2.45, 2.75) is 26.2 Å². The fourth-order valence-corrected chi connectivity index (χ4v) is 2.39. The highest BCUT2D eigenvalue weighted by Gasteiger charge is 2.01. The second-order valence-corrected chi connectivity index (χ2v) is 6.16. The number of rotatable bonds is 10. The smallest absolute Gasteiger partial charge is 0.119 e. The Morgan fingerprint density at radius 3 is 2.46 bits per heavy atom. The lowest BCUT2D eigenvalue weighted by molar-refractivity contribution is 0.191. The zero-order valence-corrected chi connectivity index (χ0v) is 14.7. The van der Waals surface area contributed by atoms with Gasteiger partial charge in [0.05, 0.1) is 6.10 Å². The van der Waals surface area contributed by atoms with Crippen molar-refractivity contribution in [3.05, 3.63) is 64.7 Å². The third-order valence-corrected chi connectivity index (χ3v) is 3.89. The normalized spacial score (nSPS) is 12.1. The fraction of sp³-hybridized carbons (Fsp3) is 0.368. The summed E-state index contributed by atoms with van der Waals surface area (Å²) in [5.74, 6) is 0.831. The number of benzene rings is 2. The Hall–Kier alpha value is -1.59. The molecule has 130 valence electrons. The molecular formula is C19H25ClN2O2. The van der Waals surface area contributed by atoms with Crippen LogP contribution in [0, 0.1) is 0 Å². The van der Waals surface area contributed by atoms with Crippen LogP contribution in [-0.2, 0) is 13.2 Å². The number of aliphatic hydroxyl groups excluding tert-OH is 1. The molecule has 0 heterocycles. The molecule has 1 atom stereocenters. The van der Waals surface area contributed by atoms with Crippen molar-refractivity contribution in [2.24, 2.45) is 0 Å². The first-order chi connectivity index (χ1) is 11.6. The molecule has 0 saturated heterocycles. The van der Waals surface area contributed by atoms with Gasteiger partial charge >= 0.3 is 0 Å². The minimum Gasteiger partial charge on any atom is -0.489 e. The van der Waals surface area contributed by atoms with Gasteiger partial charge in [-0.2, -0.15) is 0 Å². The van der Waals surface area contributed by atoms with Gasteiger partial charge in [0, 0.05) is 36.8 Å². The minimum atomic E-state index is -0.302. The van der Waals surface area contributed by atoms with Crippen molar-refractivity contribution in [3.63, 3.8) is 0 Å². The zero-order chi connectivity index (χ0) is 17.2. The van der Waals surface area contributed by atoms with Crippen molar-refractivity contribution in [2.75, 3.05) is 19.6 Å². The summed E-state index contributed by atoms with van der Waals surface area (Å²) in [6.45, 7) is 5.36. The summed E-state index contributed by atoms with van der Waals surface area (Å²) in [5.41, 5.74) is 2.19. The Balaban J connectivity index is 1.68. The van der Waals surface area contributed by atoms with Gasteiger partial charge in [-0.15, -0.1) is 0 Å². The third-order valence-electron chi connectivity index (χ3n) is 3.52. The molecular weight excluding hydrogens is 324 g/mol. The number of ether oxygens (including phenoxy) is 1. The molecule has 0 fully saturated rings. The number of hydrogen-bond donors (Lipinski definition) is 3. The van der Waals surface area contributed by atoms with E-state index >= 15 is 0 Å². The summed E-state index contributed by atoms with van der Waals surface area (Å²) >= 11 is 6.12. The van der Waals surface area contributed by atoms with Gasteiger partial charge in [0.2, 0.25) is 0 Å². The monoisotopic (exact) mass is 348 g/mol. The van der Waals surface area contributed by atoms with Crippen molar-refractivity contribution in [3.8, 4) is 5.75 Å². The van der Waals surface area contributed by atoms with Gasteiger partial charge in [-0.1, -0.05) is 41.9 Å². The van der Waals surface area contributed by atoms with Gasteiger partial charge in [-0.3, -0.25) is 0 Å². The van der Waals surface area contributed by atoms with Gasteiger partial charge in [0.25, 0.3) is 0 Å². The van der Waals surface area contributed by atoms with Crippen LogP contribution in [0.3, 0.4) is 0 Å². The lowest BCUT2D eigenvalue weighted by atomic mass is 10.2. The molecule has 0 aliphatic heterocycles. The second-order valence-electron chi connectivity index (χ2n) is 5.75. The molecule has 0 amide bonds. The van der Waals surface area contributed by atoms with Crippen LogP contribution in [0.1, 0.15) is 18.1 Å². The van der Waals surface area contributed by atoms with Crippen molar-refractivity contribution >= 4 is 11.6 Å². The maximum absolute atomic E-state index is 9.14. The highest BCUT2D eigenvalue weighted by Crippen LogP contribution is 2.18. The predicted molar refractivity (Wildman–Crippen MR) is 98.5 cm³/mol. The molecule has 2 aromatic carbocycles. The maximum Gasteiger partial charge on any atom is 0.119 e. The Bertz CT molecular complexity index is 603. The van der Waals surface area contributed by atoms with E-state index in [1.54, 1.807) is 6.92 Å². The van der Waals surface area contributed by atoms with Crippen LogP contribution in [0.25, 0.3) is 0 Å². The lowest BCUT2D eigenvalue weighted by Crippen LogP contribution is -2.31. The molecule has 0 aliphatic carbocycles. The first-order valence-corrected chi connectivity index (χ1v) is 8.57. The van der Waals surface area contributed by atoms with Crippen molar-refractivity contribution in [1.29, 1.82) is 0 Å². The molecule has 0 unspecified atom stereocenters. The molecule has 0 saturated carbocycles. The highest BCUT2D eigenvalue weighted by atomic mass is 35.5. The average Bonchev–Trinajstić information content (AvgIpc) is 2.58. The van der Waals surface area contributed by atoms with E-state index in [2.05, 4.69) is 22.8 Å². The van der Waals surface area contributed by atoms with Gasteiger partial charge in [-0.05, 0) is 30.7 Å². The van der Waals surface area contributed by atoms with Crippen LogP contribution >= 0.6 is 11.6 Å². The molecule has 0 radical (unpaired) electrons. The van der Waals surface area contributed by atoms with E-state index in [1.165, 1.54) is 5.56 Å². The van der Waals surface area contributed by atoms with E-state index in [9.17, 15) is 0 Å². The molecule has 24 heavy (non-hydrogen) atoms. The molecule has 2 rings (SSSR count). The molecule has 0 aliphatic rings. The van der Waals surface area contributed by atoms with Crippen LogP contribution in [0.4, 0.5) is 0 Å². The van der Waals surface area contributed by atoms with Crippen LogP contribution in [0.5, 0.6) is 5.75 Å². The Morgan fingerprint density at radius 1 is 1.04 bits per heavy atom. The molecule has 2 aromatic rings. The lowest BCUT2D eigenvalue weighted by Gasteiger charge is -2.10. The molecule has 0 aromatic heterocycles. The van der Waals surface area contributed by atoms with Gasteiger partial charge in [0.15, 0.2) is 0 Å².